The van der Waals surface area contributed by atoms with E-state index < -0.39 is 0 Å². The maximum atomic E-state index is 6.26. The molecule has 0 aliphatic carbocycles. The SMILES string of the molecule is Cc1c(Cl)ccnc1C1(Nc2ccc3cccnc3c2)COC1. The van der Waals surface area contributed by atoms with Crippen LogP contribution in [0.25, 0.3) is 10.9 Å². The van der Waals surface area contributed by atoms with E-state index in [0.717, 1.165) is 32.9 Å². The van der Waals surface area contributed by atoms with E-state index >= 15 is 0 Å². The molecule has 3 aromatic rings. The fourth-order valence-electron chi connectivity index (χ4n) is 2.99. The topological polar surface area (TPSA) is 47.0 Å². The molecule has 23 heavy (non-hydrogen) atoms. The van der Waals surface area contributed by atoms with Crippen LogP contribution in [0, 0.1) is 6.92 Å². The number of hydrogen-bond donors (Lipinski definition) is 1. The second kappa shape index (κ2) is 5.48. The van der Waals surface area contributed by atoms with E-state index in [4.69, 9.17) is 16.3 Å². The lowest BCUT2D eigenvalue weighted by Gasteiger charge is -2.43. The Kier molecular flexibility index (Phi) is 3.43. The van der Waals surface area contributed by atoms with Gasteiger partial charge in [-0.15, -0.1) is 0 Å². The predicted octanol–water partition coefficient (Wildman–Crippen LogP) is 3.93. The van der Waals surface area contributed by atoms with Crippen LogP contribution < -0.4 is 5.32 Å². The van der Waals surface area contributed by atoms with Gasteiger partial charge in [0.15, 0.2) is 0 Å². The molecule has 1 aromatic carbocycles. The zero-order valence-electron chi connectivity index (χ0n) is 12.7. The largest absolute Gasteiger partial charge is 0.376 e. The lowest BCUT2D eigenvalue weighted by atomic mass is 9.89. The maximum Gasteiger partial charge on any atom is 0.127 e. The number of anilines is 1. The summed E-state index contributed by atoms with van der Waals surface area (Å²) < 4.78 is 5.49. The molecule has 0 unspecified atom stereocenters. The average Bonchev–Trinajstić information content (AvgIpc) is 2.54. The molecule has 0 atom stereocenters. The Morgan fingerprint density at radius 3 is 2.78 bits per heavy atom. The molecule has 2 aromatic heterocycles. The summed E-state index contributed by atoms with van der Waals surface area (Å²) in [5.41, 5.74) is 3.56. The van der Waals surface area contributed by atoms with Crippen LogP contribution in [-0.2, 0) is 10.3 Å². The first kappa shape index (κ1) is 14.4. The van der Waals surface area contributed by atoms with Crippen LogP contribution >= 0.6 is 11.6 Å². The summed E-state index contributed by atoms with van der Waals surface area (Å²) >= 11 is 6.26. The minimum atomic E-state index is -0.336. The molecular formula is C18H16ClN3O. The molecule has 4 nitrogen and oxygen atoms in total. The lowest BCUT2D eigenvalue weighted by molar-refractivity contribution is -0.0470. The summed E-state index contributed by atoms with van der Waals surface area (Å²) in [6.07, 6.45) is 3.55. The van der Waals surface area contributed by atoms with E-state index in [-0.39, 0.29) is 5.54 Å². The maximum absolute atomic E-state index is 6.26. The highest BCUT2D eigenvalue weighted by molar-refractivity contribution is 6.31. The Morgan fingerprint density at radius 2 is 2.00 bits per heavy atom. The van der Waals surface area contributed by atoms with Crippen LogP contribution in [0.1, 0.15) is 11.3 Å². The number of nitrogens with one attached hydrogen (secondary N) is 1. The van der Waals surface area contributed by atoms with Gasteiger partial charge in [0.1, 0.15) is 5.54 Å². The first-order chi connectivity index (χ1) is 11.2. The third-order valence-corrected chi connectivity index (χ3v) is 4.69. The van der Waals surface area contributed by atoms with Crippen molar-refractivity contribution >= 4 is 28.2 Å². The van der Waals surface area contributed by atoms with Crippen molar-refractivity contribution in [2.24, 2.45) is 0 Å². The van der Waals surface area contributed by atoms with E-state index in [0.29, 0.717) is 13.2 Å². The predicted molar refractivity (Wildman–Crippen MR) is 91.8 cm³/mol. The van der Waals surface area contributed by atoms with Crippen LogP contribution in [0.2, 0.25) is 5.02 Å². The van der Waals surface area contributed by atoms with Gasteiger partial charge in [-0.3, -0.25) is 9.97 Å². The van der Waals surface area contributed by atoms with Crippen molar-refractivity contribution in [3.63, 3.8) is 0 Å². The number of nitrogens with zero attached hydrogens (tertiary/aromatic N) is 2. The van der Waals surface area contributed by atoms with E-state index in [9.17, 15) is 0 Å². The molecule has 0 saturated carbocycles. The molecular weight excluding hydrogens is 310 g/mol. The molecule has 1 aliphatic heterocycles. The van der Waals surface area contributed by atoms with Crippen molar-refractivity contribution in [2.45, 2.75) is 12.5 Å². The van der Waals surface area contributed by atoms with Gasteiger partial charge in [0.2, 0.25) is 0 Å². The van der Waals surface area contributed by atoms with Crippen molar-refractivity contribution in [2.75, 3.05) is 18.5 Å². The lowest BCUT2D eigenvalue weighted by Crippen LogP contribution is -2.54. The van der Waals surface area contributed by atoms with Gasteiger partial charge in [0.05, 0.1) is 24.4 Å². The first-order valence-corrected chi connectivity index (χ1v) is 7.88. The highest BCUT2D eigenvalue weighted by Gasteiger charge is 2.43. The summed E-state index contributed by atoms with van der Waals surface area (Å²) in [5.74, 6) is 0. The van der Waals surface area contributed by atoms with E-state index in [2.05, 4.69) is 39.6 Å². The third-order valence-electron chi connectivity index (χ3n) is 4.28. The number of fused-ring (bicyclic) bond motifs is 1. The number of benzene rings is 1. The molecule has 116 valence electrons. The second-order valence-corrected chi connectivity index (χ2v) is 6.28. The number of pyridine rings is 2. The monoisotopic (exact) mass is 325 g/mol. The van der Waals surface area contributed by atoms with Gasteiger partial charge in [0, 0.05) is 28.5 Å². The van der Waals surface area contributed by atoms with Crippen molar-refractivity contribution in [1.82, 2.24) is 9.97 Å². The van der Waals surface area contributed by atoms with Gasteiger partial charge in [-0.2, -0.15) is 0 Å². The summed E-state index contributed by atoms with van der Waals surface area (Å²) in [7, 11) is 0. The molecule has 4 rings (SSSR count). The molecule has 1 N–H and O–H groups in total. The zero-order chi connectivity index (χ0) is 15.9. The molecule has 5 heteroatoms. The molecule has 0 amide bonds. The van der Waals surface area contributed by atoms with E-state index in [1.54, 1.807) is 12.4 Å². The molecule has 0 bridgehead atoms. The summed E-state index contributed by atoms with van der Waals surface area (Å²) in [6, 6.07) is 12.0. The van der Waals surface area contributed by atoms with E-state index in [1.165, 1.54) is 0 Å². The van der Waals surface area contributed by atoms with Gasteiger partial charge in [-0.25, -0.2) is 0 Å². The molecule has 1 fully saturated rings. The third kappa shape index (κ3) is 2.44. The molecule has 1 saturated heterocycles. The minimum absolute atomic E-state index is 0.336. The zero-order valence-corrected chi connectivity index (χ0v) is 13.5. The van der Waals surface area contributed by atoms with Crippen LogP contribution in [0.3, 0.4) is 0 Å². The first-order valence-electron chi connectivity index (χ1n) is 7.50. The second-order valence-electron chi connectivity index (χ2n) is 5.88. The fourth-order valence-corrected chi connectivity index (χ4v) is 3.14. The quantitative estimate of drug-likeness (QED) is 0.792. The van der Waals surface area contributed by atoms with Crippen LogP contribution in [0.4, 0.5) is 5.69 Å². The number of hydrogen-bond acceptors (Lipinski definition) is 4. The van der Waals surface area contributed by atoms with Crippen LogP contribution in [0.15, 0.2) is 48.8 Å². The number of halogens is 1. The van der Waals surface area contributed by atoms with Crippen molar-refractivity contribution < 1.29 is 4.74 Å². The smallest absolute Gasteiger partial charge is 0.127 e. The Morgan fingerprint density at radius 1 is 1.13 bits per heavy atom. The van der Waals surface area contributed by atoms with Crippen molar-refractivity contribution in [3.8, 4) is 0 Å². The normalized spacial score (nSPS) is 16.1. The van der Waals surface area contributed by atoms with Crippen molar-refractivity contribution in [1.29, 1.82) is 0 Å². The van der Waals surface area contributed by atoms with Gasteiger partial charge in [0.25, 0.3) is 0 Å². The Labute approximate surface area is 139 Å². The number of aromatic nitrogens is 2. The molecule has 3 heterocycles. The summed E-state index contributed by atoms with van der Waals surface area (Å²) in [6.45, 7) is 3.14. The molecule has 0 spiro atoms. The summed E-state index contributed by atoms with van der Waals surface area (Å²) in [5, 5.41) is 5.43. The molecule has 1 aliphatic rings. The van der Waals surface area contributed by atoms with E-state index in [1.807, 2.05) is 19.1 Å². The summed E-state index contributed by atoms with van der Waals surface area (Å²) in [4.78, 5) is 8.96. The van der Waals surface area contributed by atoms with Crippen molar-refractivity contribution in [3.05, 3.63) is 65.1 Å². The Hall–Kier alpha value is -2.17. The van der Waals surface area contributed by atoms with Gasteiger partial charge in [-0.1, -0.05) is 23.7 Å². The van der Waals surface area contributed by atoms with Gasteiger partial charge >= 0.3 is 0 Å². The standard InChI is InChI=1S/C18H16ClN3O/c1-12-15(19)6-8-21-17(12)18(10-23-11-18)22-14-5-4-13-3-2-7-20-16(13)9-14/h2-9,22H,10-11H2,1H3. The highest BCUT2D eigenvalue weighted by atomic mass is 35.5. The average molecular weight is 326 g/mol. The van der Waals surface area contributed by atoms with Gasteiger partial charge < -0.3 is 10.1 Å². The fraction of sp³-hybridized carbons (Fsp3) is 0.222. The number of ether oxygens (including phenoxy) is 1. The number of rotatable bonds is 3. The van der Waals surface area contributed by atoms with Gasteiger partial charge in [-0.05, 0) is 36.8 Å². The highest BCUT2D eigenvalue weighted by Crippen LogP contribution is 2.36. The molecule has 0 radical (unpaired) electrons. The Balaban J connectivity index is 1.73. The minimum Gasteiger partial charge on any atom is -0.376 e. The van der Waals surface area contributed by atoms with Crippen LogP contribution in [-0.4, -0.2) is 23.2 Å². The van der Waals surface area contributed by atoms with Crippen LogP contribution in [0.5, 0.6) is 0 Å². The Bertz CT molecular complexity index is 877.